The highest BCUT2D eigenvalue weighted by atomic mass is 16.5. The molecule has 0 saturated heterocycles. The summed E-state index contributed by atoms with van der Waals surface area (Å²) < 4.78 is 4.72. The fourth-order valence-electron chi connectivity index (χ4n) is 0.411. The van der Waals surface area contributed by atoms with Gasteiger partial charge < -0.3 is 16.2 Å². The fraction of sp³-hybridized carbons (Fsp3) is 0.571. The van der Waals surface area contributed by atoms with E-state index in [9.17, 15) is 4.79 Å². The quantitative estimate of drug-likeness (QED) is 0.335. The van der Waals surface area contributed by atoms with Crippen molar-refractivity contribution in [2.45, 2.75) is 19.5 Å². The number of carbonyl (C=O) groups excluding carboxylic acids is 1. The molecule has 11 heavy (non-hydrogen) atoms. The molecule has 4 N–H and O–H groups in total. The van der Waals surface area contributed by atoms with Gasteiger partial charge in [0, 0.05) is 12.0 Å². The van der Waals surface area contributed by atoms with Gasteiger partial charge in [-0.15, -0.1) is 0 Å². The molecule has 0 fully saturated rings. The molecular formula is C7H14N2O2. The highest BCUT2D eigenvalue weighted by Crippen LogP contribution is 1.93. The summed E-state index contributed by atoms with van der Waals surface area (Å²) >= 11 is 0. The van der Waals surface area contributed by atoms with Gasteiger partial charge in [-0.2, -0.15) is 0 Å². The average Bonchev–Trinajstić information content (AvgIpc) is 1.86. The summed E-state index contributed by atoms with van der Waals surface area (Å²) in [5, 5.41) is 0. The van der Waals surface area contributed by atoms with Crippen LogP contribution in [0.5, 0.6) is 0 Å². The fourth-order valence-corrected chi connectivity index (χ4v) is 0.411. The lowest BCUT2D eigenvalue weighted by Gasteiger charge is -2.05. The van der Waals surface area contributed by atoms with Crippen LogP contribution in [0.1, 0.15) is 13.3 Å². The Morgan fingerprint density at radius 3 is 2.55 bits per heavy atom. The van der Waals surface area contributed by atoms with Gasteiger partial charge in [-0.1, -0.05) is 6.58 Å². The predicted octanol–water partition coefficient (Wildman–Crippen LogP) is -0.261. The molecule has 0 atom stereocenters. The zero-order chi connectivity index (χ0) is 8.85. The Labute approximate surface area is 66.2 Å². The van der Waals surface area contributed by atoms with E-state index in [4.69, 9.17) is 16.2 Å². The molecule has 0 bridgehead atoms. The molecule has 0 heterocycles. The summed E-state index contributed by atoms with van der Waals surface area (Å²) in [6.45, 7) is 5.26. The number of nitrogens with two attached hydrogens (primary N) is 2. The van der Waals surface area contributed by atoms with Gasteiger partial charge in [-0.05, 0) is 6.92 Å². The number of carbonyl (C=O) groups is 1. The van der Waals surface area contributed by atoms with E-state index in [0.717, 1.165) is 0 Å². The van der Waals surface area contributed by atoms with Crippen molar-refractivity contribution in [1.29, 1.82) is 0 Å². The first-order chi connectivity index (χ1) is 5.04. The lowest BCUT2D eigenvalue weighted by Crippen LogP contribution is -2.31. The smallest absolute Gasteiger partial charge is 0.333 e. The first-order valence-electron chi connectivity index (χ1n) is 3.38. The van der Waals surface area contributed by atoms with Crippen LogP contribution in [0.2, 0.25) is 0 Å². The molecular weight excluding hydrogens is 144 g/mol. The summed E-state index contributed by atoms with van der Waals surface area (Å²) in [5.74, 6) is -0.398. The molecule has 0 aliphatic heterocycles. The molecule has 0 spiro atoms. The molecule has 4 heteroatoms. The van der Waals surface area contributed by atoms with Gasteiger partial charge in [-0.3, -0.25) is 0 Å². The van der Waals surface area contributed by atoms with E-state index in [1.807, 2.05) is 0 Å². The van der Waals surface area contributed by atoms with Crippen LogP contribution in [0.4, 0.5) is 0 Å². The molecule has 4 nitrogen and oxygen atoms in total. The Balaban J connectivity index is 3.40. The van der Waals surface area contributed by atoms with E-state index in [1.165, 1.54) is 0 Å². The van der Waals surface area contributed by atoms with Crippen LogP contribution >= 0.6 is 0 Å². The topological polar surface area (TPSA) is 78.3 Å². The van der Waals surface area contributed by atoms with E-state index >= 15 is 0 Å². The van der Waals surface area contributed by atoms with Crippen LogP contribution in [0.3, 0.4) is 0 Å². The number of ether oxygens (including phenoxy) is 1. The maximum absolute atomic E-state index is 10.7. The molecule has 0 aromatic rings. The third-order valence-corrected chi connectivity index (χ3v) is 1.03. The summed E-state index contributed by atoms with van der Waals surface area (Å²) in [4.78, 5) is 10.7. The lowest BCUT2D eigenvalue weighted by molar-refractivity contribution is -0.139. The summed E-state index contributed by atoms with van der Waals surface area (Å²) in [7, 11) is 0. The van der Waals surface area contributed by atoms with Crippen molar-refractivity contribution in [2.75, 3.05) is 6.61 Å². The highest BCUT2D eigenvalue weighted by Gasteiger charge is 2.02. The second-order valence-electron chi connectivity index (χ2n) is 2.37. The summed E-state index contributed by atoms with van der Waals surface area (Å²) in [6, 6.07) is 0. The standard InChI is InChI=1S/C7H14N2O2/c1-5(2)7(10)11-4-3-6(8)9/h6H,1,3-4,8-9H2,2H3. The van der Waals surface area contributed by atoms with E-state index in [-0.39, 0.29) is 6.61 Å². The normalized spacial score (nSPS) is 9.82. The Morgan fingerprint density at radius 1 is 1.64 bits per heavy atom. The first-order valence-corrected chi connectivity index (χ1v) is 3.38. The molecule has 64 valence electrons. The molecule has 0 radical (unpaired) electrons. The zero-order valence-corrected chi connectivity index (χ0v) is 6.67. The van der Waals surface area contributed by atoms with Crippen LogP contribution in [0, 0.1) is 0 Å². The van der Waals surface area contributed by atoms with Gasteiger partial charge in [-0.25, -0.2) is 4.79 Å². The maximum atomic E-state index is 10.7. The van der Waals surface area contributed by atoms with Crippen LogP contribution in [0.15, 0.2) is 12.2 Å². The largest absolute Gasteiger partial charge is 0.462 e. The molecule has 0 aromatic heterocycles. The summed E-state index contributed by atoms with van der Waals surface area (Å²) in [5.41, 5.74) is 10.8. The van der Waals surface area contributed by atoms with Crippen molar-refractivity contribution < 1.29 is 9.53 Å². The lowest BCUT2D eigenvalue weighted by atomic mass is 10.3. The third kappa shape index (κ3) is 5.57. The van der Waals surface area contributed by atoms with Crippen LogP contribution in [0.25, 0.3) is 0 Å². The molecule has 0 amide bonds. The Hall–Kier alpha value is -0.870. The number of hydrogen-bond acceptors (Lipinski definition) is 4. The van der Waals surface area contributed by atoms with E-state index in [0.29, 0.717) is 12.0 Å². The highest BCUT2D eigenvalue weighted by molar-refractivity contribution is 5.86. The third-order valence-electron chi connectivity index (χ3n) is 1.03. The number of rotatable bonds is 4. The van der Waals surface area contributed by atoms with Crippen LogP contribution < -0.4 is 11.5 Å². The van der Waals surface area contributed by atoms with E-state index in [2.05, 4.69) is 6.58 Å². The molecule has 0 saturated carbocycles. The number of esters is 1. The van der Waals surface area contributed by atoms with Gasteiger partial charge in [0.05, 0.1) is 12.8 Å². The maximum Gasteiger partial charge on any atom is 0.333 e. The Bertz CT molecular complexity index is 155. The molecule has 0 unspecified atom stereocenters. The minimum atomic E-state index is -0.423. The molecule has 0 rings (SSSR count). The van der Waals surface area contributed by atoms with Gasteiger partial charge in [0.1, 0.15) is 0 Å². The van der Waals surface area contributed by atoms with Crippen molar-refractivity contribution in [3.8, 4) is 0 Å². The first kappa shape index (κ1) is 10.1. The Kier molecular flexibility index (Phi) is 4.49. The predicted molar refractivity (Wildman–Crippen MR) is 42.6 cm³/mol. The SMILES string of the molecule is C=C(C)C(=O)OCCC(N)N. The monoisotopic (exact) mass is 158 g/mol. The van der Waals surface area contributed by atoms with E-state index in [1.54, 1.807) is 6.92 Å². The molecule has 0 aliphatic rings. The van der Waals surface area contributed by atoms with Gasteiger partial charge >= 0.3 is 5.97 Å². The van der Waals surface area contributed by atoms with Crippen molar-refractivity contribution >= 4 is 5.97 Å². The van der Waals surface area contributed by atoms with Gasteiger partial charge in [0.15, 0.2) is 0 Å². The minimum Gasteiger partial charge on any atom is -0.462 e. The molecule has 0 aromatic carbocycles. The van der Waals surface area contributed by atoms with Gasteiger partial charge in [0.25, 0.3) is 0 Å². The number of hydrogen-bond donors (Lipinski definition) is 2. The van der Waals surface area contributed by atoms with Crippen molar-refractivity contribution in [2.24, 2.45) is 11.5 Å². The second-order valence-corrected chi connectivity index (χ2v) is 2.37. The zero-order valence-electron chi connectivity index (χ0n) is 6.67. The second kappa shape index (κ2) is 4.87. The van der Waals surface area contributed by atoms with Crippen molar-refractivity contribution in [3.63, 3.8) is 0 Å². The van der Waals surface area contributed by atoms with Gasteiger partial charge in [0.2, 0.25) is 0 Å². The van der Waals surface area contributed by atoms with Crippen LogP contribution in [-0.4, -0.2) is 18.7 Å². The summed E-state index contributed by atoms with van der Waals surface area (Å²) in [6.07, 6.45) is 0.0480. The van der Waals surface area contributed by atoms with Crippen LogP contribution in [-0.2, 0) is 9.53 Å². The average molecular weight is 158 g/mol. The molecule has 0 aliphatic carbocycles. The van der Waals surface area contributed by atoms with Crippen molar-refractivity contribution in [1.82, 2.24) is 0 Å². The minimum absolute atomic E-state index is 0.253. The van der Waals surface area contributed by atoms with E-state index < -0.39 is 12.1 Å². The Morgan fingerprint density at radius 2 is 2.18 bits per heavy atom. The van der Waals surface area contributed by atoms with Crippen molar-refractivity contribution in [3.05, 3.63) is 12.2 Å².